The summed E-state index contributed by atoms with van der Waals surface area (Å²) in [5.41, 5.74) is 34.5. The van der Waals surface area contributed by atoms with E-state index in [1.54, 1.807) is 0 Å². The van der Waals surface area contributed by atoms with Crippen molar-refractivity contribution in [3.8, 4) is 11.1 Å². The number of hydrogen-bond acceptors (Lipinski definition) is 3. The molecule has 86 heavy (non-hydrogen) atoms. The van der Waals surface area contributed by atoms with Gasteiger partial charge in [-0.15, -0.1) is 0 Å². The Kier molecular flexibility index (Phi) is 12.8. The summed E-state index contributed by atoms with van der Waals surface area (Å²) in [5, 5.41) is 0. The van der Waals surface area contributed by atoms with Gasteiger partial charge in [0.15, 0.2) is 0 Å². The van der Waals surface area contributed by atoms with Crippen LogP contribution in [0.2, 0.25) is 0 Å². The quantitative estimate of drug-likeness (QED) is 0.159. The van der Waals surface area contributed by atoms with Crippen molar-refractivity contribution in [2.75, 3.05) is 14.7 Å². The van der Waals surface area contributed by atoms with E-state index in [4.69, 9.17) is 0 Å². The Labute approximate surface area is 518 Å². The highest BCUT2D eigenvalue weighted by atomic mass is 15.2. The maximum absolute atomic E-state index is 2.74. The van der Waals surface area contributed by atoms with E-state index < -0.39 is 0 Å². The molecule has 0 amide bonds. The van der Waals surface area contributed by atoms with Crippen LogP contribution in [0.5, 0.6) is 0 Å². The van der Waals surface area contributed by atoms with E-state index in [0.29, 0.717) is 0 Å². The normalized spacial score (nSPS) is 18.1. The SMILES string of the molecule is Cc1cc2c3c(c1)N(c1cccc4c1-c1ccc(C(C)(C)C)cc1C4(C)C)c1cc(N(c4ccc(C(C)(C)C)cc4C)c4ccc(C(C)(C)C)cc4C)ccc1B3c1cc3c(cc1N2c1ccc2c(c1)C(C)(C)CCC2(C)C)C(C)(C)CCC3(C)C. The largest absolute Gasteiger partial charge is 0.311 e. The molecule has 8 aromatic rings. The van der Waals surface area contributed by atoms with E-state index in [2.05, 4.69) is 300 Å². The van der Waals surface area contributed by atoms with E-state index >= 15 is 0 Å². The highest BCUT2D eigenvalue weighted by molar-refractivity contribution is 7.00. The van der Waals surface area contributed by atoms with Gasteiger partial charge in [0.05, 0.1) is 5.69 Å². The molecule has 2 heterocycles. The fourth-order valence-electron chi connectivity index (χ4n) is 16.1. The number of fused-ring (bicyclic) bond motifs is 9. The number of anilines is 9. The molecule has 5 aliphatic rings. The van der Waals surface area contributed by atoms with Crippen molar-refractivity contribution in [3.63, 3.8) is 0 Å². The molecule has 442 valence electrons. The second-order valence-electron chi connectivity index (χ2n) is 33.5. The molecule has 0 saturated heterocycles. The number of aryl methyl sites for hydroxylation is 3. The lowest BCUT2D eigenvalue weighted by molar-refractivity contribution is 0.332. The molecule has 0 radical (unpaired) electrons. The summed E-state index contributed by atoms with van der Waals surface area (Å²) in [4.78, 5) is 8.04. The molecule has 0 fully saturated rings. The summed E-state index contributed by atoms with van der Waals surface area (Å²) in [6.07, 6.45) is 4.66. The molecule has 8 aromatic carbocycles. The van der Waals surface area contributed by atoms with Crippen LogP contribution >= 0.6 is 0 Å². The summed E-state index contributed by atoms with van der Waals surface area (Å²) in [5.74, 6) is 0. The second-order valence-corrected chi connectivity index (χ2v) is 33.5. The minimum Gasteiger partial charge on any atom is -0.311 e. The molecule has 0 unspecified atom stereocenters. The van der Waals surface area contributed by atoms with Crippen LogP contribution in [0.1, 0.15) is 224 Å². The van der Waals surface area contributed by atoms with Crippen LogP contribution in [0, 0.1) is 20.8 Å². The van der Waals surface area contributed by atoms with E-state index in [-0.39, 0.29) is 50.0 Å². The van der Waals surface area contributed by atoms with Gasteiger partial charge in [-0.2, -0.15) is 0 Å². The first-order chi connectivity index (χ1) is 40.0. The maximum Gasteiger partial charge on any atom is 0.252 e. The van der Waals surface area contributed by atoms with E-state index in [1.807, 2.05) is 0 Å². The topological polar surface area (TPSA) is 9.72 Å². The first kappa shape index (κ1) is 58.3. The zero-order valence-corrected chi connectivity index (χ0v) is 56.4. The highest BCUT2D eigenvalue weighted by Crippen LogP contribution is 2.58. The number of hydrogen-bond donors (Lipinski definition) is 0. The monoisotopic (exact) mass is 1130 g/mol. The van der Waals surface area contributed by atoms with Gasteiger partial charge in [-0.25, -0.2) is 0 Å². The minimum atomic E-state index is -0.217. The zero-order valence-electron chi connectivity index (χ0n) is 56.4. The van der Waals surface area contributed by atoms with Crippen molar-refractivity contribution < 1.29 is 0 Å². The van der Waals surface area contributed by atoms with Gasteiger partial charge < -0.3 is 14.7 Å². The number of nitrogens with zero attached hydrogens (tertiary/aromatic N) is 3. The molecule has 2 aliphatic heterocycles. The lowest BCUT2D eigenvalue weighted by Gasteiger charge is -2.48. The Balaban J connectivity index is 1.15. The van der Waals surface area contributed by atoms with Crippen LogP contribution in [0.4, 0.5) is 51.2 Å². The van der Waals surface area contributed by atoms with Crippen LogP contribution in [0.3, 0.4) is 0 Å². The summed E-state index contributed by atoms with van der Waals surface area (Å²) in [6.45, 7) is 52.8. The third-order valence-corrected chi connectivity index (χ3v) is 21.9. The average Bonchev–Trinajstić information content (AvgIpc) is 0.903. The van der Waals surface area contributed by atoms with Crippen LogP contribution in [0.25, 0.3) is 11.1 Å². The van der Waals surface area contributed by atoms with Crippen molar-refractivity contribution in [2.24, 2.45) is 0 Å². The summed E-state index contributed by atoms with van der Waals surface area (Å²) in [6, 6.07) is 54.7. The van der Waals surface area contributed by atoms with Crippen molar-refractivity contribution in [3.05, 3.63) is 200 Å². The Hall–Kier alpha value is -6.78. The van der Waals surface area contributed by atoms with Crippen LogP contribution in [-0.2, 0) is 43.3 Å². The highest BCUT2D eigenvalue weighted by Gasteiger charge is 2.49. The van der Waals surface area contributed by atoms with Gasteiger partial charge in [0, 0.05) is 56.5 Å². The Morgan fingerprint density at radius 1 is 0.395 bits per heavy atom. The van der Waals surface area contributed by atoms with Gasteiger partial charge in [-0.3, -0.25) is 0 Å². The van der Waals surface area contributed by atoms with Gasteiger partial charge in [0.2, 0.25) is 0 Å². The number of rotatable bonds is 5. The average molecular weight is 1130 g/mol. The van der Waals surface area contributed by atoms with E-state index in [1.165, 1.54) is 153 Å². The molecule has 4 heteroatoms. The fourth-order valence-corrected chi connectivity index (χ4v) is 16.1. The van der Waals surface area contributed by atoms with Gasteiger partial charge in [-0.1, -0.05) is 204 Å². The standard InChI is InChI=1S/C82H96BN3/c1-49-40-71-74-72(41-49)86(68-25-23-24-59-73(68)57-31-26-54(77(10,11)12)44-60(57)82(59,21)22)69-46-56(84(66-34-27-52(42-50(66)2)75(4,5)6)67-35-28-53(43-51(67)3)76(7,8)9)30-33-64(69)83(74)65-47-62-63(81(19,20)39-38-80(62,17)18)48-70(65)85(71)55-29-32-58-61(45-55)79(15,16)37-36-78(58,13)14/h23-35,40-48H,36-39H2,1-22H3. The molecule has 0 aromatic heterocycles. The summed E-state index contributed by atoms with van der Waals surface area (Å²) in [7, 11) is 0. The van der Waals surface area contributed by atoms with Gasteiger partial charge in [0.25, 0.3) is 6.71 Å². The molecule has 0 saturated carbocycles. The van der Waals surface area contributed by atoms with Crippen molar-refractivity contribution in [1.82, 2.24) is 0 Å². The van der Waals surface area contributed by atoms with Crippen molar-refractivity contribution in [1.29, 1.82) is 0 Å². The summed E-state index contributed by atoms with van der Waals surface area (Å²) >= 11 is 0. The smallest absolute Gasteiger partial charge is 0.252 e. The van der Waals surface area contributed by atoms with E-state index in [9.17, 15) is 0 Å². The number of benzene rings is 8. The molecule has 0 N–H and O–H groups in total. The Morgan fingerprint density at radius 2 is 0.895 bits per heavy atom. The molecule has 0 atom stereocenters. The first-order valence-corrected chi connectivity index (χ1v) is 32.5. The van der Waals surface area contributed by atoms with Gasteiger partial charge in [0.1, 0.15) is 0 Å². The van der Waals surface area contributed by atoms with Crippen LogP contribution in [0.15, 0.2) is 133 Å². The van der Waals surface area contributed by atoms with Crippen molar-refractivity contribution >= 4 is 74.3 Å². The molecule has 0 bridgehead atoms. The molecule has 13 rings (SSSR count). The van der Waals surface area contributed by atoms with Crippen molar-refractivity contribution in [2.45, 2.75) is 221 Å². The lowest BCUT2D eigenvalue weighted by atomic mass is 9.33. The third kappa shape index (κ3) is 8.92. The molecular weight excluding hydrogens is 1040 g/mol. The van der Waals surface area contributed by atoms with Crippen LogP contribution in [-0.4, -0.2) is 6.71 Å². The summed E-state index contributed by atoms with van der Waals surface area (Å²) < 4.78 is 0. The third-order valence-electron chi connectivity index (χ3n) is 21.9. The van der Waals surface area contributed by atoms with E-state index in [0.717, 1.165) is 18.5 Å². The lowest BCUT2D eigenvalue weighted by Crippen LogP contribution is -2.62. The van der Waals surface area contributed by atoms with Crippen LogP contribution < -0.4 is 31.1 Å². The molecule has 3 nitrogen and oxygen atoms in total. The zero-order chi connectivity index (χ0) is 61.7. The second kappa shape index (κ2) is 18.9. The first-order valence-electron chi connectivity index (χ1n) is 32.5. The minimum absolute atomic E-state index is 0.00878. The Morgan fingerprint density at radius 3 is 1.45 bits per heavy atom. The Bertz CT molecular complexity index is 4090. The fraction of sp³-hybridized carbons (Fsp3) is 0.415. The predicted octanol–water partition coefficient (Wildman–Crippen LogP) is 21.1. The molecular formula is C82H96BN3. The van der Waals surface area contributed by atoms with Gasteiger partial charge in [-0.05, 0) is 234 Å². The predicted molar refractivity (Wildman–Crippen MR) is 374 cm³/mol. The molecule has 0 spiro atoms. The maximum atomic E-state index is 2.74. The van der Waals surface area contributed by atoms with Gasteiger partial charge >= 0.3 is 0 Å². The molecule has 3 aliphatic carbocycles.